The summed E-state index contributed by atoms with van der Waals surface area (Å²) >= 11 is 0. The SMILES string of the molecule is C=CCN(CCO)C(=O)/C=C/c1ccc(C(N)=O)cc1. The molecule has 0 atom stereocenters. The minimum Gasteiger partial charge on any atom is -0.395 e. The minimum absolute atomic E-state index is 0.0965. The van der Waals surface area contributed by atoms with Gasteiger partial charge in [0.1, 0.15) is 0 Å². The van der Waals surface area contributed by atoms with Crippen LogP contribution in [0.25, 0.3) is 6.08 Å². The number of nitrogens with two attached hydrogens (primary N) is 1. The number of nitrogens with zero attached hydrogens (tertiary/aromatic N) is 1. The van der Waals surface area contributed by atoms with Crippen LogP contribution in [0.3, 0.4) is 0 Å². The lowest BCUT2D eigenvalue weighted by Gasteiger charge is -2.17. The first-order valence-corrected chi connectivity index (χ1v) is 6.17. The molecular formula is C15H18N2O3. The van der Waals surface area contributed by atoms with Gasteiger partial charge in [-0.25, -0.2) is 0 Å². The fraction of sp³-hybridized carbons (Fsp3) is 0.200. The number of rotatable bonds is 7. The third-order valence-corrected chi connectivity index (χ3v) is 2.64. The Morgan fingerprint density at radius 2 is 1.95 bits per heavy atom. The van der Waals surface area contributed by atoms with Crippen molar-refractivity contribution in [2.75, 3.05) is 19.7 Å². The Labute approximate surface area is 118 Å². The van der Waals surface area contributed by atoms with E-state index in [0.717, 1.165) is 5.56 Å². The maximum atomic E-state index is 11.9. The first kappa shape index (κ1) is 15.7. The Kier molecular flexibility index (Phi) is 6.19. The van der Waals surface area contributed by atoms with Crippen molar-refractivity contribution in [1.82, 2.24) is 4.90 Å². The summed E-state index contributed by atoms with van der Waals surface area (Å²) in [6.45, 7) is 4.11. The highest BCUT2D eigenvalue weighted by atomic mass is 16.3. The van der Waals surface area contributed by atoms with E-state index < -0.39 is 5.91 Å². The molecule has 0 spiro atoms. The predicted octanol–water partition coefficient (Wildman–Crippen LogP) is 0.806. The monoisotopic (exact) mass is 274 g/mol. The topological polar surface area (TPSA) is 83.6 Å². The van der Waals surface area contributed by atoms with Gasteiger partial charge in [-0.3, -0.25) is 9.59 Å². The van der Waals surface area contributed by atoms with Crippen LogP contribution in [0, 0.1) is 0 Å². The van der Waals surface area contributed by atoms with Crippen LogP contribution >= 0.6 is 0 Å². The van der Waals surface area contributed by atoms with Gasteiger partial charge in [0.25, 0.3) is 0 Å². The van der Waals surface area contributed by atoms with Crippen LogP contribution in [0.5, 0.6) is 0 Å². The second kappa shape index (κ2) is 7.91. The number of aliphatic hydroxyl groups is 1. The van der Waals surface area contributed by atoms with Crippen molar-refractivity contribution in [2.24, 2.45) is 5.73 Å². The van der Waals surface area contributed by atoms with Crippen molar-refractivity contribution in [1.29, 1.82) is 0 Å². The van der Waals surface area contributed by atoms with Gasteiger partial charge in [0.05, 0.1) is 6.61 Å². The van der Waals surface area contributed by atoms with Gasteiger partial charge in [0.2, 0.25) is 11.8 Å². The van der Waals surface area contributed by atoms with Crippen LogP contribution in [0.2, 0.25) is 0 Å². The lowest BCUT2D eigenvalue weighted by Crippen LogP contribution is -2.32. The van der Waals surface area contributed by atoms with Crippen LogP contribution < -0.4 is 5.73 Å². The van der Waals surface area contributed by atoms with Gasteiger partial charge in [-0.05, 0) is 23.8 Å². The number of hydrogen-bond acceptors (Lipinski definition) is 3. The molecule has 1 aromatic carbocycles. The molecule has 0 heterocycles. The molecule has 0 bridgehead atoms. The van der Waals surface area contributed by atoms with E-state index in [1.165, 1.54) is 11.0 Å². The Bertz CT molecular complexity index is 506. The Morgan fingerprint density at radius 3 is 2.45 bits per heavy atom. The van der Waals surface area contributed by atoms with Crippen LogP contribution in [-0.4, -0.2) is 41.5 Å². The van der Waals surface area contributed by atoms with Gasteiger partial charge in [-0.1, -0.05) is 18.2 Å². The van der Waals surface area contributed by atoms with E-state index in [1.807, 2.05) is 0 Å². The van der Waals surface area contributed by atoms with Crippen molar-refractivity contribution in [2.45, 2.75) is 0 Å². The van der Waals surface area contributed by atoms with E-state index in [2.05, 4.69) is 6.58 Å². The van der Waals surface area contributed by atoms with Crippen molar-refractivity contribution < 1.29 is 14.7 Å². The summed E-state index contributed by atoms with van der Waals surface area (Å²) in [6, 6.07) is 6.60. The zero-order chi connectivity index (χ0) is 15.0. The van der Waals surface area contributed by atoms with Crippen LogP contribution in [-0.2, 0) is 4.79 Å². The zero-order valence-electron chi connectivity index (χ0n) is 11.2. The molecular weight excluding hydrogens is 256 g/mol. The number of carbonyl (C=O) groups excluding carboxylic acids is 2. The standard InChI is InChI=1S/C15H18N2O3/c1-2-9-17(10-11-18)14(19)8-5-12-3-6-13(7-4-12)15(16)20/h2-8,18H,1,9-11H2,(H2,16,20)/b8-5+. The highest BCUT2D eigenvalue weighted by Crippen LogP contribution is 2.06. The molecule has 0 saturated carbocycles. The van der Waals surface area contributed by atoms with Gasteiger partial charge in [-0.15, -0.1) is 6.58 Å². The quantitative estimate of drug-likeness (QED) is 0.570. The second-order valence-corrected chi connectivity index (χ2v) is 4.12. The van der Waals surface area contributed by atoms with Gasteiger partial charge < -0.3 is 15.7 Å². The number of carbonyl (C=O) groups is 2. The van der Waals surface area contributed by atoms with Gasteiger partial charge in [-0.2, -0.15) is 0 Å². The van der Waals surface area contributed by atoms with Crippen LogP contribution in [0.1, 0.15) is 15.9 Å². The zero-order valence-corrected chi connectivity index (χ0v) is 11.2. The maximum Gasteiger partial charge on any atom is 0.248 e. The molecule has 3 N–H and O–H groups in total. The molecule has 0 aliphatic heterocycles. The number of aliphatic hydroxyl groups excluding tert-OH is 1. The van der Waals surface area contributed by atoms with Gasteiger partial charge in [0.15, 0.2) is 0 Å². The molecule has 2 amide bonds. The Hall–Kier alpha value is -2.40. The Balaban J connectivity index is 2.72. The third kappa shape index (κ3) is 4.70. The number of amides is 2. The number of hydrogen-bond donors (Lipinski definition) is 2. The average molecular weight is 274 g/mol. The normalized spacial score (nSPS) is 10.4. The lowest BCUT2D eigenvalue weighted by molar-refractivity contribution is -0.125. The van der Waals surface area contributed by atoms with E-state index in [9.17, 15) is 9.59 Å². The molecule has 0 aliphatic rings. The summed E-state index contributed by atoms with van der Waals surface area (Å²) in [5.74, 6) is -0.699. The average Bonchev–Trinajstić information content (AvgIpc) is 2.45. The number of benzene rings is 1. The van der Waals surface area contributed by atoms with E-state index in [-0.39, 0.29) is 19.1 Å². The molecule has 5 heteroatoms. The fourth-order valence-electron chi connectivity index (χ4n) is 1.60. The van der Waals surface area contributed by atoms with Gasteiger partial charge >= 0.3 is 0 Å². The maximum absolute atomic E-state index is 11.9. The predicted molar refractivity (Wildman–Crippen MR) is 77.9 cm³/mol. The molecule has 0 unspecified atom stereocenters. The molecule has 106 valence electrons. The molecule has 0 saturated heterocycles. The molecule has 0 aliphatic carbocycles. The molecule has 20 heavy (non-hydrogen) atoms. The first-order chi connectivity index (χ1) is 9.58. The summed E-state index contributed by atoms with van der Waals surface area (Å²) in [5, 5.41) is 8.88. The minimum atomic E-state index is -0.489. The van der Waals surface area contributed by atoms with E-state index >= 15 is 0 Å². The highest BCUT2D eigenvalue weighted by Gasteiger charge is 2.07. The van der Waals surface area contributed by atoms with Crippen LogP contribution in [0.15, 0.2) is 43.0 Å². The van der Waals surface area contributed by atoms with E-state index in [4.69, 9.17) is 10.8 Å². The van der Waals surface area contributed by atoms with Crippen molar-refractivity contribution in [3.05, 3.63) is 54.1 Å². The van der Waals surface area contributed by atoms with Gasteiger partial charge in [0, 0.05) is 24.7 Å². The van der Waals surface area contributed by atoms with Crippen molar-refractivity contribution in [3.63, 3.8) is 0 Å². The highest BCUT2D eigenvalue weighted by molar-refractivity contribution is 5.94. The summed E-state index contributed by atoms with van der Waals surface area (Å²) in [7, 11) is 0. The van der Waals surface area contributed by atoms with E-state index in [1.54, 1.807) is 36.4 Å². The molecule has 0 aromatic heterocycles. The second-order valence-electron chi connectivity index (χ2n) is 4.12. The molecule has 0 radical (unpaired) electrons. The molecule has 5 nitrogen and oxygen atoms in total. The van der Waals surface area contributed by atoms with Crippen molar-refractivity contribution >= 4 is 17.9 Å². The fourth-order valence-corrected chi connectivity index (χ4v) is 1.60. The van der Waals surface area contributed by atoms with Crippen LogP contribution in [0.4, 0.5) is 0 Å². The van der Waals surface area contributed by atoms with Crippen molar-refractivity contribution in [3.8, 4) is 0 Å². The summed E-state index contributed by atoms with van der Waals surface area (Å²) in [5.41, 5.74) is 6.34. The summed E-state index contributed by atoms with van der Waals surface area (Å²) in [4.78, 5) is 24.3. The Morgan fingerprint density at radius 1 is 1.30 bits per heavy atom. The largest absolute Gasteiger partial charge is 0.395 e. The third-order valence-electron chi connectivity index (χ3n) is 2.64. The molecule has 1 rings (SSSR count). The van der Waals surface area contributed by atoms with E-state index in [0.29, 0.717) is 12.1 Å². The molecule has 1 aromatic rings. The lowest BCUT2D eigenvalue weighted by atomic mass is 10.1. The molecule has 0 fully saturated rings. The number of primary amides is 1. The smallest absolute Gasteiger partial charge is 0.248 e. The summed E-state index contributed by atoms with van der Waals surface area (Å²) in [6.07, 6.45) is 4.65. The first-order valence-electron chi connectivity index (χ1n) is 6.17. The summed E-state index contributed by atoms with van der Waals surface area (Å²) < 4.78 is 0.